The highest BCUT2D eigenvalue weighted by molar-refractivity contribution is 9.09. The maximum absolute atomic E-state index is 11.4. The number of alkyl halides is 1. The highest BCUT2D eigenvalue weighted by atomic mass is 79.9. The number of carbonyl (C=O) groups excluding carboxylic acids is 1. The number of amides is 1. The zero-order valence-electron chi connectivity index (χ0n) is 13.1. The monoisotopic (exact) mass is 383 g/mol. The van der Waals surface area contributed by atoms with Crippen LogP contribution in [0.25, 0.3) is 0 Å². The number of aliphatic imine (C=N–C) groups is 1. The van der Waals surface area contributed by atoms with E-state index in [1.54, 1.807) is 11.8 Å². The molecule has 1 aromatic carbocycles. The molecule has 22 heavy (non-hydrogen) atoms. The summed E-state index contributed by atoms with van der Waals surface area (Å²) in [5.74, 6) is 1.12. The molecule has 0 saturated heterocycles. The SMILES string of the molecule is Cc1cccc(C)c1N(CCNC(=O)CBr)C1=NCCCS1. The van der Waals surface area contributed by atoms with E-state index in [4.69, 9.17) is 0 Å². The maximum Gasteiger partial charge on any atom is 0.230 e. The van der Waals surface area contributed by atoms with Crippen molar-refractivity contribution in [3.8, 4) is 0 Å². The van der Waals surface area contributed by atoms with Crippen molar-refractivity contribution >= 4 is 44.5 Å². The number of para-hydroxylation sites is 1. The van der Waals surface area contributed by atoms with Crippen molar-refractivity contribution in [2.24, 2.45) is 4.99 Å². The number of anilines is 1. The second-order valence-corrected chi connectivity index (χ2v) is 6.86. The van der Waals surface area contributed by atoms with Crippen molar-refractivity contribution in [3.05, 3.63) is 29.3 Å². The fourth-order valence-electron chi connectivity index (χ4n) is 2.50. The zero-order valence-corrected chi connectivity index (χ0v) is 15.5. The van der Waals surface area contributed by atoms with Crippen molar-refractivity contribution in [1.29, 1.82) is 0 Å². The Balaban J connectivity index is 2.21. The summed E-state index contributed by atoms with van der Waals surface area (Å²) in [6, 6.07) is 6.33. The molecule has 6 heteroatoms. The Morgan fingerprint density at radius 3 is 2.73 bits per heavy atom. The Bertz CT molecular complexity index is 542. The molecule has 0 unspecified atom stereocenters. The Kier molecular flexibility index (Phi) is 6.76. The van der Waals surface area contributed by atoms with Gasteiger partial charge in [0.15, 0.2) is 5.17 Å². The van der Waals surface area contributed by atoms with E-state index in [0.717, 1.165) is 30.4 Å². The first-order chi connectivity index (χ1) is 10.6. The second kappa shape index (κ2) is 8.58. The number of nitrogens with one attached hydrogen (secondary N) is 1. The number of benzene rings is 1. The fraction of sp³-hybridized carbons (Fsp3) is 0.500. The second-order valence-electron chi connectivity index (χ2n) is 5.24. The van der Waals surface area contributed by atoms with E-state index < -0.39 is 0 Å². The van der Waals surface area contributed by atoms with Gasteiger partial charge in [0.05, 0.1) is 5.33 Å². The predicted molar refractivity (Wildman–Crippen MR) is 99.4 cm³/mol. The van der Waals surface area contributed by atoms with Crippen LogP contribution in [-0.4, -0.2) is 41.8 Å². The molecular formula is C16H22BrN3OS. The Labute approximate surface area is 144 Å². The number of hydrogen-bond acceptors (Lipinski definition) is 4. The maximum atomic E-state index is 11.4. The minimum Gasteiger partial charge on any atom is -0.354 e. The average Bonchev–Trinajstić information content (AvgIpc) is 2.53. The van der Waals surface area contributed by atoms with E-state index in [9.17, 15) is 4.79 Å². The number of carbonyl (C=O) groups is 1. The number of thioether (sulfide) groups is 1. The molecule has 0 aliphatic carbocycles. The average molecular weight is 384 g/mol. The van der Waals surface area contributed by atoms with Crippen LogP contribution in [-0.2, 0) is 4.79 Å². The van der Waals surface area contributed by atoms with Gasteiger partial charge in [-0.3, -0.25) is 9.79 Å². The molecule has 2 rings (SSSR count). The lowest BCUT2D eigenvalue weighted by Gasteiger charge is -2.30. The molecular weight excluding hydrogens is 362 g/mol. The predicted octanol–water partition coefficient (Wildman–Crippen LogP) is 3.11. The summed E-state index contributed by atoms with van der Waals surface area (Å²) in [6.45, 7) is 6.48. The van der Waals surface area contributed by atoms with E-state index >= 15 is 0 Å². The lowest BCUT2D eigenvalue weighted by molar-refractivity contribution is -0.118. The quantitative estimate of drug-likeness (QED) is 0.794. The molecule has 4 nitrogen and oxygen atoms in total. The van der Waals surface area contributed by atoms with Crippen LogP contribution in [0, 0.1) is 13.8 Å². The summed E-state index contributed by atoms with van der Waals surface area (Å²) < 4.78 is 0. The van der Waals surface area contributed by atoms with Crippen LogP contribution in [0.1, 0.15) is 17.5 Å². The van der Waals surface area contributed by atoms with E-state index in [2.05, 4.69) is 63.2 Å². The van der Waals surface area contributed by atoms with Gasteiger partial charge in [0, 0.05) is 31.1 Å². The van der Waals surface area contributed by atoms with Gasteiger partial charge in [0.1, 0.15) is 0 Å². The van der Waals surface area contributed by atoms with Crippen molar-refractivity contribution in [3.63, 3.8) is 0 Å². The van der Waals surface area contributed by atoms with Gasteiger partial charge in [0.25, 0.3) is 0 Å². The molecule has 0 fully saturated rings. The molecule has 0 atom stereocenters. The van der Waals surface area contributed by atoms with Crippen molar-refractivity contribution in [1.82, 2.24) is 5.32 Å². The number of rotatable bonds is 5. The minimum atomic E-state index is 0.0136. The molecule has 0 spiro atoms. The zero-order chi connectivity index (χ0) is 15.9. The summed E-state index contributed by atoms with van der Waals surface area (Å²) >= 11 is 4.98. The smallest absolute Gasteiger partial charge is 0.230 e. The third-order valence-corrected chi connectivity index (χ3v) is 5.11. The molecule has 1 amide bonds. The van der Waals surface area contributed by atoms with Crippen molar-refractivity contribution in [2.45, 2.75) is 20.3 Å². The number of amidine groups is 1. The Morgan fingerprint density at radius 1 is 1.41 bits per heavy atom. The molecule has 0 bridgehead atoms. The highest BCUT2D eigenvalue weighted by Gasteiger charge is 2.19. The van der Waals surface area contributed by atoms with E-state index in [0.29, 0.717) is 11.9 Å². The first kappa shape index (κ1) is 17.3. The topological polar surface area (TPSA) is 44.7 Å². The van der Waals surface area contributed by atoms with Gasteiger partial charge in [-0.15, -0.1) is 0 Å². The lowest BCUT2D eigenvalue weighted by atomic mass is 10.1. The van der Waals surface area contributed by atoms with Gasteiger partial charge in [-0.25, -0.2) is 0 Å². The van der Waals surface area contributed by atoms with Gasteiger partial charge < -0.3 is 10.2 Å². The minimum absolute atomic E-state index is 0.0136. The van der Waals surface area contributed by atoms with Crippen LogP contribution in [0.4, 0.5) is 5.69 Å². The molecule has 0 saturated carbocycles. The molecule has 1 aliphatic rings. The summed E-state index contributed by atoms with van der Waals surface area (Å²) in [4.78, 5) is 18.4. The van der Waals surface area contributed by atoms with Crippen molar-refractivity contribution < 1.29 is 4.79 Å². The van der Waals surface area contributed by atoms with Crippen LogP contribution >= 0.6 is 27.7 Å². The van der Waals surface area contributed by atoms with Gasteiger partial charge in [-0.2, -0.15) is 0 Å². The van der Waals surface area contributed by atoms with Crippen LogP contribution in [0.5, 0.6) is 0 Å². The standard InChI is InChI=1S/C16H22BrN3OS/c1-12-5-3-6-13(2)15(12)20(9-8-18-14(21)11-17)16-19-7-4-10-22-16/h3,5-6H,4,7-11H2,1-2H3,(H,18,21). The molecule has 1 heterocycles. The molecule has 120 valence electrons. The largest absolute Gasteiger partial charge is 0.354 e. The Morgan fingerprint density at radius 2 is 2.14 bits per heavy atom. The van der Waals surface area contributed by atoms with Crippen LogP contribution in [0.2, 0.25) is 0 Å². The van der Waals surface area contributed by atoms with E-state index in [1.165, 1.54) is 16.8 Å². The third kappa shape index (κ3) is 4.49. The van der Waals surface area contributed by atoms with Crippen LogP contribution in [0.3, 0.4) is 0 Å². The number of nitrogens with zero attached hydrogens (tertiary/aromatic N) is 2. The first-order valence-electron chi connectivity index (χ1n) is 7.47. The van der Waals surface area contributed by atoms with Gasteiger partial charge in [0.2, 0.25) is 5.91 Å². The molecule has 1 N–H and O–H groups in total. The summed E-state index contributed by atoms with van der Waals surface area (Å²) in [6.07, 6.45) is 1.13. The van der Waals surface area contributed by atoms with Crippen LogP contribution in [0.15, 0.2) is 23.2 Å². The first-order valence-corrected chi connectivity index (χ1v) is 9.58. The van der Waals surface area contributed by atoms with E-state index in [1.807, 2.05) is 0 Å². The summed E-state index contributed by atoms with van der Waals surface area (Å²) in [5, 5.41) is 4.32. The number of hydrogen-bond donors (Lipinski definition) is 1. The van der Waals surface area contributed by atoms with E-state index in [-0.39, 0.29) is 5.91 Å². The Hall–Kier alpha value is -1.01. The fourth-order valence-corrected chi connectivity index (χ4v) is 3.68. The van der Waals surface area contributed by atoms with Crippen molar-refractivity contribution in [2.75, 3.05) is 35.6 Å². The normalized spacial score (nSPS) is 14.4. The number of halogens is 1. The summed E-state index contributed by atoms with van der Waals surface area (Å²) in [7, 11) is 0. The molecule has 1 aromatic rings. The van der Waals surface area contributed by atoms with Gasteiger partial charge >= 0.3 is 0 Å². The third-order valence-electron chi connectivity index (χ3n) is 3.50. The molecule has 1 aliphatic heterocycles. The van der Waals surface area contributed by atoms with Gasteiger partial charge in [-0.1, -0.05) is 45.9 Å². The number of aryl methyl sites for hydroxylation is 2. The highest BCUT2D eigenvalue weighted by Crippen LogP contribution is 2.28. The van der Waals surface area contributed by atoms with Gasteiger partial charge in [-0.05, 0) is 31.4 Å². The molecule has 0 radical (unpaired) electrons. The van der Waals surface area contributed by atoms with Crippen LogP contribution < -0.4 is 10.2 Å². The lowest BCUT2D eigenvalue weighted by Crippen LogP contribution is -2.39. The summed E-state index contributed by atoms with van der Waals surface area (Å²) in [5.41, 5.74) is 3.69. The molecule has 0 aromatic heterocycles.